The van der Waals surface area contributed by atoms with E-state index in [-0.39, 0.29) is 12.6 Å². The summed E-state index contributed by atoms with van der Waals surface area (Å²) in [4.78, 5) is 24.7. The van der Waals surface area contributed by atoms with Gasteiger partial charge in [-0.2, -0.15) is 0 Å². The second-order valence-corrected chi connectivity index (χ2v) is 6.64. The zero-order valence-electron chi connectivity index (χ0n) is 11.5. The first kappa shape index (κ1) is 15.9. The normalized spacial score (nSPS) is 24.2. The van der Waals surface area contributed by atoms with E-state index in [0.717, 1.165) is 0 Å². The quantitative estimate of drug-likeness (QED) is 0.752. The van der Waals surface area contributed by atoms with Gasteiger partial charge in [-0.3, -0.25) is 9.00 Å². The first-order valence-corrected chi connectivity index (χ1v) is 8.05. The van der Waals surface area contributed by atoms with Crippen LogP contribution in [0.4, 0.5) is 4.79 Å². The molecule has 7 heteroatoms. The van der Waals surface area contributed by atoms with Crippen LogP contribution in [0.3, 0.4) is 0 Å². The predicted molar refractivity (Wildman–Crippen MR) is 73.5 cm³/mol. The molecule has 6 nitrogen and oxygen atoms in total. The van der Waals surface area contributed by atoms with E-state index in [4.69, 9.17) is 0 Å². The highest BCUT2D eigenvalue weighted by atomic mass is 32.2. The van der Waals surface area contributed by atoms with E-state index in [1.165, 1.54) is 4.90 Å². The third kappa shape index (κ3) is 3.92. The van der Waals surface area contributed by atoms with Gasteiger partial charge in [-0.05, 0) is 12.8 Å². The molecule has 0 saturated carbocycles. The average Bonchev–Trinajstić information content (AvgIpc) is 2.84. The molecule has 2 amide bonds. The molecule has 0 radical (unpaired) electrons. The summed E-state index contributed by atoms with van der Waals surface area (Å²) in [6.45, 7) is 4.74. The van der Waals surface area contributed by atoms with Gasteiger partial charge in [-0.15, -0.1) is 0 Å². The van der Waals surface area contributed by atoms with Crippen molar-refractivity contribution in [2.75, 3.05) is 31.1 Å². The maximum absolute atomic E-state index is 11.9. The summed E-state index contributed by atoms with van der Waals surface area (Å²) in [6.07, 6.45) is 1.01. The maximum Gasteiger partial charge on any atom is 0.317 e. The van der Waals surface area contributed by atoms with Crippen molar-refractivity contribution in [1.82, 2.24) is 10.2 Å². The van der Waals surface area contributed by atoms with Gasteiger partial charge in [0.1, 0.15) is 0 Å². The molecule has 1 heterocycles. The molecule has 2 atom stereocenters. The van der Waals surface area contributed by atoms with Crippen molar-refractivity contribution in [3.63, 3.8) is 0 Å². The van der Waals surface area contributed by atoms with E-state index >= 15 is 0 Å². The third-order valence-corrected chi connectivity index (χ3v) is 5.00. The Kier molecular flexibility index (Phi) is 5.78. The van der Waals surface area contributed by atoms with E-state index in [1.807, 2.05) is 13.8 Å². The number of hydrogen-bond acceptors (Lipinski definition) is 3. The van der Waals surface area contributed by atoms with Crippen molar-refractivity contribution < 1.29 is 18.9 Å². The van der Waals surface area contributed by atoms with E-state index in [2.05, 4.69) is 5.32 Å². The first-order chi connectivity index (χ1) is 8.95. The van der Waals surface area contributed by atoms with Gasteiger partial charge < -0.3 is 15.3 Å². The van der Waals surface area contributed by atoms with Crippen LogP contribution in [0.2, 0.25) is 0 Å². The molecule has 19 heavy (non-hydrogen) atoms. The topological polar surface area (TPSA) is 86.7 Å². The second-order valence-electron chi connectivity index (χ2n) is 4.78. The van der Waals surface area contributed by atoms with Gasteiger partial charge in [0.25, 0.3) is 0 Å². The third-order valence-electron chi connectivity index (χ3n) is 3.70. The van der Waals surface area contributed by atoms with Crippen LogP contribution >= 0.6 is 0 Å². The van der Waals surface area contributed by atoms with Crippen LogP contribution < -0.4 is 5.32 Å². The summed E-state index contributed by atoms with van der Waals surface area (Å²) >= 11 is 0. The fourth-order valence-electron chi connectivity index (χ4n) is 2.19. The predicted octanol–water partition coefficient (Wildman–Crippen LogP) is 0.651. The highest BCUT2D eigenvalue weighted by Crippen LogP contribution is 2.34. The minimum Gasteiger partial charge on any atom is -0.481 e. The Morgan fingerprint density at radius 2 is 2.11 bits per heavy atom. The lowest BCUT2D eigenvalue weighted by Gasteiger charge is -2.23. The molecule has 1 saturated heterocycles. The number of likely N-dealkylation sites (tertiary alicyclic amines) is 1. The number of urea groups is 1. The van der Waals surface area contributed by atoms with Crippen molar-refractivity contribution in [3.8, 4) is 0 Å². The fraction of sp³-hybridized carbons (Fsp3) is 0.833. The monoisotopic (exact) mass is 290 g/mol. The van der Waals surface area contributed by atoms with Gasteiger partial charge in [-0.25, -0.2) is 4.79 Å². The van der Waals surface area contributed by atoms with Gasteiger partial charge in [0.15, 0.2) is 0 Å². The summed E-state index contributed by atoms with van der Waals surface area (Å²) in [5.74, 6) is 0.184. The van der Waals surface area contributed by atoms with Crippen LogP contribution in [0, 0.1) is 5.41 Å². The highest BCUT2D eigenvalue weighted by molar-refractivity contribution is 7.84. The van der Waals surface area contributed by atoms with Crippen molar-refractivity contribution in [2.45, 2.75) is 26.7 Å². The molecule has 2 N–H and O–H groups in total. The second kappa shape index (κ2) is 6.88. The van der Waals surface area contributed by atoms with Gasteiger partial charge >= 0.3 is 12.0 Å². The number of carbonyl (C=O) groups excluding carboxylic acids is 1. The Labute approximate surface area is 116 Å². The molecular formula is C12H22N2O4S. The molecule has 0 aromatic rings. The summed E-state index contributed by atoms with van der Waals surface area (Å²) in [7, 11) is -0.896. The summed E-state index contributed by atoms with van der Waals surface area (Å²) in [5, 5.41) is 11.9. The molecule has 0 spiro atoms. The van der Waals surface area contributed by atoms with E-state index < -0.39 is 22.2 Å². The Hall–Kier alpha value is -1.11. The Morgan fingerprint density at radius 3 is 2.58 bits per heavy atom. The highest BCUT2D eigenvalue weighted by Gasteiger charge is 2.44. The van der Waals surface area contributed by atoms with Crippen molar-refractivity contribution in [1.29, 1.82) is 0 Å². The average molecular weight is 290 g/mol. The molecule has 1 aliphatic heterocycles. The van der Waals surface area contributed by atoms with Crippen molar-refractivity contribution in [2.24, 2.45) is 5.41 Å². The van der Waals surface area contributed by atoms with Crippen LogP contribution in [0.5, 0.6) is 0 Å². The van der Waals surface area contributed by atoms with Crippen molar-refractivity contribution >= 4 is 22.8 Å². The molecule has 0 aromatic heterocycles. The van der Waals surface area contributed by atoms with Gasteiger partial charge in [0.05, 0.1) is 5.41 Å². The maximum atomic E-state index is 11.9. The molecule has 2 unspecified atom stereocenters. The van der Waals surface area contributed by atoms with Gasteiger partial charge in [-0.1, -0.05) is 13.8 Å². The van der Waals surface area contributed by atoms with Crippen LogP contribution in [-0.2, 0) is 15.6 Å². The smallest absolute Gasteiger partial charge is 0.317 e. The molecule has 0 aliphatic carbocycles. The molecular weight excluding hydrogens is 268 g/mol. The fourth-order valence-corrected chi connectivity index (χ4v) is 2.81. The lowest BCUT2D eigenvalue weighted by Crippen LogP contribution is -2.42. The van der Waals surface area contributed by atoms with E-state index in [0.29, 0.717) is 37.4 Å². The SMILES string of the molecule is CCS(=O)CCNC(=O)N1CCC(CC)(C(=O)O)C1. The van der Waals surface area contributed by atoms with Crippen LogP contribution in [-0.4, -0.2) is 57.4 Å². The van der Waals surface area contributed by atoms with Crippen LogP contribution in [0.15, 0.2) is 0 Å². The Balaban J connectivity index is 2.44. The van der Waals surface area contributed by atoms with Gasteiger partial charge in [0.2, 0.25) is 0 Å². The number of hydrogen-bond donors (Lipinski definition) is 2. The number of nitrogens with one attached hydrogen (secondary N) is 1. The molecule has 1 fully saturated rings. The number of carbonyl (C=O) groups is 2. The number of amides is 2. The number of aliphatic carboxylic acids is 1. The number of carboxylic acid groups (broad SMARTS) is 1. The molecule has 0 aromatic carbocycles. The van der Waals surface area contributed by atoms with Crippen LogP contribution in [0.25, 0.3) is 0 Å². The minimum absolute atomic E-state index is 0.252. The number of nitrogens with zero attached hydrogens (tertiary/aromatic N) is 1. The Morgan fingerprint density at radius 1 is 1.42 bits per heavy atom. The van der Waals surface area contributed by atoms with E-state index in [1.54, 1.807) is 0 Å². The lowest BCUT2D eigenvalue weighted by atomic mass is 9.84. The molecule has 0 bridgehead atoms. The Bertz CT molecular complexity index is 375. The largest absolute Gasteiger partial charge is 0.481 e. The first-order valence-electron chi connectivity index (χ1n) is 6.56. The standard InChI is InChI=1S/C12H22N2O4S/c1-3-12(10(15)16)5-7-14(9-12)11(17)13-6-8-19(18)4-2/h3-9H2,1-2H3,(H,13,17)(H,15,16). The van der Waals surface area contributed by atoms with Crippen molar-refractivity contribution in [3.05, 3.63) is 0 Å². The molecule has 1 rings (SSSR count). The summed E-state index contributed by atoms with van der Waals surface area (Å²) in [6, 6.07) is -0.260. The van der Waals surface area contributed by atoms with E-state index in [9.17, 15) is 18.9 Å². The number of carboxylic acids is 1. The molecule has 110 valence electrons. The molecule has 1 aliphatic rings. The minimum atomic E-state index is -0.896. The van der Waals surface area contributed by atoms with Gasteiger partial charge in [0, 0.05) is 41.9 Å². The zero-order chi connectivity index (χ0) is 14.5. The summed E-state index contributed by atoms with van der Waals surface area (Å²) in [5.41, 5.74) is -0.802. The lowest BCUT2D eigenvalue weighted by molar-refractivity contribution is -0.148. The zero-order valence-corrected chi connectivity index (χ0v) is 12.3. The number of rotatable bonds is 6. The summed E-state index contributed by atoms with van der Waals surface area (Å²) < 4.78 is 11.2. The van der Waals surface area contributed by atoms with Crippen LogP contribution in [0.1, 0.15) is 26.7 Å².